The van der Waals surface area contributed by atoms with Gasteiger partial charge in [-0.15, -0.1) is 0 Å². The topological polar surface area (TPSA) is 65.5 Å². The molecule has 0 bridgehead atoms. The van der Waals surface area contributed by atoms with Crippen molar-refractivity contribution < 1.29 is 17.9 Å². The lowest BCUT2D eigenvalue weighted by Gasteiger charge is -2.12. The lowest BCUT2D eigenvalue weighted by atomic mass is 10.4. The highest BCUT2D eigenvalue weighted by Crippen LogP contribution is 2.21. The Hall–Kier alpha value is -0.660. The van der Waals surface area contributed by atoms with Crippen molar-refractivity contribution in [2.45, 2.75) is 18.1 Å². The number of aromatic nitrogens is 1. The van der Waals surface area contributed by atoms with E-state index in [-0.39, 0.29) is 11.1 Å². The summed E-state index contributed by atoms with van der Waals surface area (Å²) in [4.78, 5) is 3.87. The molecular formula is C10H14BrNO4S. The molecular weight excluding hydrogens is 310 g/mol. The number of hydrogen-bond acceptors (Lipinski definition) is 5. The van der Waals surface area contributed by atoms with E-state index in [1.807, 2.05) is 6.92 Å². The lowest BCUT2D eigenvalue weighted by Crippen LogP contribution is -2.16. The first-order chi connectivity index (χ1) is 7.82. The Kier molecular flexibility index (Phi) is 4.91. The standard InChI is InChI=1S/C10H14BrNO4S/c1-7(15-2)6-16-8-4-9(11)12-10(5-8)17(3,13)14/h4-5,7H,6H2,1-3H3/t7-/m1/s1. The maximum Gasteiger partial charge on any atom is 0.192 e. The Balaban J connectivity index is 2.91. The molecule has 1 heterocycles. The highest BCUT2D eigenvalue weighted by molar-refractivity contribution is 9.10. The van der Waals surface area contributed by atoms with Crippen LogP contribution in [0.3, 0.4) is 0 Å². The summed E-state index contributed by atoms with van der Waals surface area (Å²) < 4.78 is 33.6. The predicted octanol–water partition coefficient (Wildman–Crippen LogP) is 1.66. The second-order valence-corrected chi connectivity index (χ2v) is 6.37. The SMILES string of the molecule is CO[C@H](C)COc1cc(Br)nc(S(C)(=O)=O)c1. The fraction of sp³-hybridized carbons (Fsp3) is 0.500. The molecule has 0 radical (unpaired) electrons. The molecule has 0 spiro atoms. The quantitative estimate of drug-likeness (QED) is 0.771. The number of methoxy groups -OCH3 is 1. The zero-order valence-electron chi connectivity index (χ0n) is 9.81. The van der Waals surface area contributed by atoms with Crippen LogP contribution in [0.25, 0.3) is 0 Å². The average Bonchev–Trinajstić information content (AvgIpc) is 2.24. The van der Waals surface area contributed by atoms with Crippen LogP contribution in [0, 0.1) is 0 Å². The summed E-state index contributed by atoms with van der Waals surface area (Å²) in [6.07, 6.45) is 1.03. The van der Waals surface area contributed by atoms with E-state index in [0.29, 0.717) is 17.0 Å². The summed E-state index contributed by atoms with van der Waals surface area (Å²) in [5, 5.41) is -0.0213. The largest absolute Gasteiger partial charge is 0.491 e. The van der Waals surface area contributed by atoms with E-state index >= 15 is 0 Å². The third kappa shape index (κ3) is 4.61. The Labute approximate surface area is 109 Å². The number of rotatable bonds is 5. The summed E-state index contributed by atoms with van der Waals surface area (Å²) >= 11 is 3.14. The number of pyridine rings is 1. The molecule has 0 aliphatic rings. The highest BCUT2D eigenvalue weighted by Gasteiger charge is 2.12. The van der Waals surface area contributed by atoms with Crippen LogP contribution < -0.4 is 4.74 Å². The third-order valence-corrected chi connectivity index (χ3v) is 3.39. The molecule has 0 aliphatic carbocycles. The van der Waals surface area contributed by atoms with Gasteiger partial charge in [-0.05, 0) is 22.9 Å². The zero-order chi connectivity index (χ0) is 13.1. The molecule has 0 amide bonds. The second kappa shape index (κ2) is 5.79. The van der Waals surface area contributed by atoms with Gasteiger partial charge in [0, 0.05) is 25.5 Å². The van der Waals surface area contributed by atoms with Gasteiger partial charge in [-0.2, -0.15) is 0 Å². The molecule has 7 heteroatoms. The van der Waals surface area contributed by atoms with E-state index < -0.39 is 9.84 Å². The fourth-order valence-electron chi connectivity index (χ4n) is 1.01. The van der Waals surface area contributed by atoms with E-state index in [1.165, 1.54) is 6.07 Å². The molecule has 0 saturated heterocycles. The van der Waals surface area contributed by atoms with E-state index in [1.54, 1.807) is 13.2 Å². The van der Waals surface area contributed by atoms with Gasteiger partial charge in [0.15, 0.2) is 14.9 Å². The Morgan fingerprint density at radius 1 is 1.47 bits per heavy atom. The van der Waals surface area contributed by atoms with Crippen molar-refractivity contribution >= 4 is 25.8 Å². The minimum atomic E-state index is -3.34. The van der Waals surface area contributed by atoms with Crippen molar-refractivity contribution in [1.82, 2.24) is 4.98 Å². The Morgan fingerprint density at radius 2 is 2.12 bits per heavy atom. The number of hydrogen-bond donors (Lipinski definition) is 0. The van der Waals surface area contributed by atoms with Crippen LogP contribution in [-0.4, -0.2) is 39.5 Å². The first kappa shape index (κ1) is 14.4. The van der Waals surface area contributed by atoms with Gasteiger partial charge < -0.3 is 9.47 Å². The molecule has 96 valence electrons. The summed E-state index contributed by atoms with van der Waals surface area (Å²) in [7, 11) is -1.76. The van der Waals surface area contributed by atoms with Crippen molar-refractivity contribution in [1.29, 1.82) is 0 Å². The number of sulfone groups is 1. The predicted molar refractivity (Wildman–Crippen MR) is 67.0 cm³/mol. The van der Waals surface area contributed by atoms with Crippen molar-refractivity contribution in [3.63, 3.8) is 0 Å². The van der Waals surface area contributed by atoms with Gasteiger partial charge in [-0.3, -0.25) is 0 Å². The van der Waals surface area contributed by atoms with Crippen LogP contribution >= 0.6 is 15.9 Å². The molecule has 17 heavy (non-hydrogen) atoms. The van der Waals surface area contributed by atoms with Gasteiger partial charge in [0.1, 0.15) is 17.0 Å². The van der Waals surface area contributed by atoms with Gasteiger partial charge in [-0.1, -0.05) is 0 Å². The molecule has 1 rings (SSSR count). The van der Waals surface area contributed by atoms with Gasteiger partial charge in [-0.25, -0.2) is 13.4 Å². The number of ether oxygens (including phenoxy) is 2. The molecule has 0 unspecified atom stereocenters. The van der Waals surface area contributed by atoms with E-state index in [4.69, 9.17) is 9.47 Å². The van der Waals surface area contributed by atoms with Crippen LogP contribution in [0.15, 0.2) is 21.8 Å². The Bertz CT molecular complexity index is 489. The molecule has 0 N–H and O–H groups in total. The minimum absolute atomic E-state index is 0.0213. The molecule has 1 atom stereocenters. The van der Waals surface area contributed by atoms with Crippen LogP contribution in [0.1, 0.15) is 6.92 Å². The summed E-state index contributed by atoms with van der Waals surface area (Å²) in [5.74, 6) is 0.441. The lowest BCUT2D eigenvalue weighted by molar-refractivity contribution is 0.0715. The van der Waals surface area contributed by atoms with Gasteiger partial charge in [0.25, 0.3) is 0 Å². The fourth-order valence-corrected chi connectivity index (χ4v) is 2.13. The van der Waals surface area contributed by atoms with Crippen molar-refractivity contribution in [2.24, 2.45) is 0 Å². The van der Waals surface area contributed by atoms with Crippen LogP contribution in [0.5, 0.6) is 5.75 Å². The van der Waals surface area contributed by atoms with Crippen molar-refractivity contribution in [3.05, 3.63) is 16.7 Å². The summed E-state index contributed by atoms with van der Waals surface area (Å²) in [6, 6.07) is 3.00. The van der Waals surface area contributed by atoms with Crippen molar-refractivity contribution in [2.75, 3.05) is 20.0 Å². The minimum Gasteiger partial charge on any atom is -0.491 e. The normalized spacial score (nSPS) is 13.4. The smallest absolute Gasteiger partial charge is 0.192 e. The first-order valence-corrected chi connectivity index (χ1v) is 7.54. The number of nitrogens with zero attached hydrogens (tertiary/aromatic N) is 1. The maximum atomic E-state index is 11.4. The van der Waals surface area contributed by atoms with Crippen LogP contribution in [0.4, 0.5) is 0 Å². The first-order valence-electron chi connectivity index (χ1n) is 4.86. The molecule has 5 nitrogen and oxygen atoms in total. The van der Waals surface area contributed by atoms with E-state index in [9.17, 15) is 8.42 Å². The average molecular weight is 324 g/mol. The summed E-state index contributed by atoms with van der Waals surface area (Å²) in [6.45, 7) is 2.20. The van der Waals surface area contributed by atoms with Gasteiger partial charge in [0.05, 0.1) is 6.10 Å². The van der Waals surface area contributed by atoms with Crippen LogP contribution in [0.2, 0.25) is 0 Å². The second-order valence-electron chi connectivity index (χ2n) is 3.59. The van der Waals surface area contributed by atoms with Crippen molar-refractivity contribution in [3.8, 4) is 5.75 Å². The van der Waals surface area contributed by atoms with Gasteiger partial charge in [0.2, 0.25) is 0 Å². The highest BCUT2D eigenvalue weighted by atomic mass is 79.9. The van der Waals surface area contributed by atoms with Crippen LogP contribution in [-0.2, 0) is 14.6 Å². The molecule has 0 saturated carbocycles. The molecule has 1 aromatic rings. The monoisotopic (exact) mass is 323 g/mol. The summed E-state index contributed by atoms with van der Waals surface area (Å²) in [5.41, 5.74) is 0. The third-order valence-electron chi connectivity index (χ3n) is 2.01. The maximum absolute atomic E-state index is 11.4. The molecule has 0 aliphatic heterocycles. The van der Waals surface area contributed by atoms with E-state index in [2.05, 4.69) is 20.9 Å². The zero-order valence-corrected chi connectivity index (χ0v) is 12.2. The van der Waals surface area contributed by atoms with E-state index in [0.717, 1.165) is 6.26 Å². The van der Waals surface area contributed by atoms with Gasteiger partial charge >= 0.3 is 0 Å². The number of halogens is 1. The molecule has 0 fully saturated rings. The Morgan fingerprint density at radius 3 is 2.65 bits per heavy atom. The molecule has 1 aromatic heterocycles. The molecule has 0 aromatic carbocycles.